The molecule has 1 atom stereocenters. The molecule has 4 heteroatoms. The van der Waals surface area contributed by atoms with Gasteiger partial charge >= 0.3 is 0 Å². The van der Waals surface area contributed by atoms with Crippen molar-refractivity contribution < 1.29 is 14.7 Å². The van der Waals surface area contributed by atoms with Gasteiger partial charge in [0.15, 0.2) is 0 Å². The van der Waals surface area contributed by atoms with Crippen LogP contribution in [0.25, 0.3) is 0 Å². The summed E-state index contributed by atoms with van der Waals surface area (Å²) < 4.78 is 6.08. The third-order valence-electron chi connectivity index (χ3n) is 3.94. The lowest BCUT2D eigenvalue weighted by Crippen LogP contribution is -2.24. The quantitative estimate of drug-likeness (QED) is 0.697. The van der Waals surface area contributed by atoms with Gasteiger partial charge in [-0.05, 0) is 35.6 Å². The Bertz CT molecular complexity index is 669. The topological polar surface area (TPSA) is 49.8 Å². The Labute approximate surface area is 129 Å². The van der Waals surface area contributed by atoms with E-state index in [1.54, 1.807) is 0 Å². The van der Waals surface area contributed by atoms with Crippen molar-refractivity contribution in [2.24, 2.45) is 0 Å². The van der Waals surface area contributed by atoms with Crippen LogP contribution in [0.15, 0.2) is 48.5 Å². The first kappa shape index (κ1) is 14.6. The number of benzene rings is 2. The molecule has 0 fully saturated rings. The standard InChI is InChI=1S/C18H19NO3/c1-13(20)19(21)12-14-7-9-18-16(11-14)8-10-17(22-18)15-5-3-2-4-6-15/h2-7,9,11,17,21H,8,10,12H2,1H3. The summed E-state index contributed by atoms with van der Waals surface area (Å²) in [7, 11) is 0. The fourth-order valence-corrected chi connectivity index (χ4v) is 2.73. The first-order valence-corrected chi connectivity index (χ1v) is 7.44. The summed E-state index contributed by atoms with van der Waals surface area (Å²) in [5.41, 5.74) is 3.22. The zero-order valence-corrected chi connectivity index (χ0v) is 12.5. The van der Waals surface area contributed by atoms with Gasteiger partial charge in [0.25, 0.3) is 0 Å². The Hall–Kier alpha value is -2.33. The van der Waals surface area contributed by atoms with Crippen LogP contribution in [0.2, 0.25) is 0 Å². The van der Waals surface area contributed by atoms with Gasteiger partial charge in [-0.1, -0.05) is 42.5 Å². The molecule has 0 saturated heterocycles. The van der Waals surface area contributed by atoms with E-state index in [-0.39, 0.29) is 18.6 Å². The van der Waals surface area contributed by atoms with Gasteiger partial charge in [-0.25, -0.2) is 5.06 Å². The number of nitrogens with zero attached hydrogens (tertiary/aromatic N) is 1. The second-order valence-corrected chi connectivity index (χ2v) is 5.57. The Kier molecular flexibility index (Phi) is 4.11. The number of carbonyl (C=O) groups excluding carboxylic acids is 1. The third-order valence-corrected chi connectivity index (χ3v) is 3.94. The zero-order valence-electron chi connectivity index (χ0n) is 12.5. The predicted octanol–water partition coefficient (Wildman–Crippen LogP) is 3.49. The summed E-state index contributed by atoms with van der Waals surface area (Å²) in [6, 6.07) is 16.0. The molecule has 1 aliphatic heterocycles. The van der Waals surface area contributed by atoms with E-state index in [9.17, 15) is 10.0 Å². The van der Waals surface area contributed by atoms with Crippen molar-refractivity contribution in [1.29, 1.82) is 0 Å². The van der Waals surface area contributed by atoms with Crippen molar-refractivity contribution in [2.45, 2.75) is 32.4 Å². The average molecular weight is 297 g/mol. The van der Waals surface area contributed by atoms with Crippen molar-refractivity contribution >= 4 is 5.91 Å². The van der Waals surface area contributed by atoms with Gasteiger partial charge in [-0.15, -0.1) is 0 Å². The molecule has 114 valence electrons. The molecule has 4 nitrogen and oxygen atoms in total. The van der Waals surface area contributed by atoms with Gasteiger partial charge < -0.3 is 4.74 Å². The van der Waals surface area contributed by atoms with Crippen LogP contribution in [-0.2, 0) is 17.8 Å². The minimum absolute atomic E-state index is 0.0890. The molecule has 22 heavy (non-hydrogen) atoms. The molecule has 0 spiro atoms. The summed E-state index contributed by atoms with van der Waals surface area (Å²) >= 11 is 0. The lowest BCUT2D eigenvalue weighted by atomic mass is 9.96. The zero-order chi connectivity index (χ0) is 15.5. The van der Waals surface area contributed by atoms with Crippen molar-refractivity contribution in [3.05, 3.63) is 65.2 Å². The van der Waals surface area contributed by atoms with Crippen LogP contribution in [0.5, 0.6) is 5.75 Å². The molecule has 0 aromatic heterocycles. The third kappa shape index (κ3) is 3.12. The molecule has 1 amide bonds. The maximum Gasteiger partial charge on any atom is 0.243 e. The molecular weight excluding hydrogens is 278 g/mol. The van der Waals surface area contributed by atoms with E-state index < -0.39 is 0 Å². The summed E-state index contributed by atoms with van der Waals surface area (Å²) in [6.07, 6.45) is 1.94. The number of hydrogen-bond donors (Lipinski definition) is 1. The van der Waals surface area contributed by atoms with Gasteiger partial charge in [0.2, 0.25) is 5.91 Å². The van der Waals surface area contributed by atoms with Crippen molar-refractivity contribution in [3.8, 4) is 5.75 Å². The van der Waals surface area contributed by atoms with E-state index >= 15 is 0 Å². The number of ether oxygens (including phenoxy) is 1. The number of fused-ring (bicyclic) bond motifs is 1. The second kappa shape index (κ2) is 6.20. The molecule has 1 unspecified atom stereocenters. The maximum absolute atomic E-state index is 11.1. The van der Waals surface area contributed by atoms with E-state index in [4.69, 9.17) is 4.74 Å². The summed E-state index contributed by atoms with van der Waals surface area (Å²) in [5.74, 6) is 0.522. The van der Waals surface area contributed by atoms with Crippen LogP contribution in [0.1, 0.15) is 36.1 Å². The van der Waals surface area contributed by atoms with Crippen LogP contribution in [0, 0.1) is 0 Å². The molecule has 1 heterocycles. The number of hydrogen-bond acceptors (Lipinski definition) is 3. The molecule has 2 aromatic rings. The molecule has 3 rings (SSSR count). The molecule has 1 N–H and O–H groups in total. The summed E-state index contributed by atoms with van der Waals surface area (Å²) in [5, 5.41) is 10.2. The molecule has 1 aliphatic rings. The van der Waals surface area contributed by atoms with Gasteiger partial charge in [0, 0.05) is 6.92 Å². The highest BCUT2D eigenvalue weighted by Gasteiger charge is 2.21. The smallest absolute Gasteiger partial charge is 0.243 e. The maximum atomic E-state index is 11.1. The first-order valence-electron chi connectivity index (χ1n) is 7.44. The van der Waals surface area contributed by atoms with Crippen LogP contribution < -0.4 is 4.74 Å². The van der Waals surface area contributed by atoms with E-state index in [0.717, 1.165) is 34.8 Å². The second-order valence-electron chi connectivity index (χ2n) is 5.57. The SMILES string of the molecule is CC(=O)N(O)Cc1ccc2c(c1)CCC(c1ccccc1)O2. The number of carbonyl (C=O) groups is 1. The number of hydroxylamine groups is 2. The largest absolute Gasteiger partial charge is 0.485 e. The Morgan fingerprint density at radius 1 is 1.27 bits per heavy atom. The van der Waals surface area contributed by atoms with Gasteiger partial charge in [-0.2, -0.15) is 0 Å². The van der Waals surface area contributed by atoms with Gasteiger partial charge in [0.1, 0.15) is 11.9 Å². The lowest BCUT2D eigenvalue weighted by Gasteiger charge is -2.27. The highest BCUT2D eigenvalue weighted by atomic mass is 16.5. The average Bonchev–Trinajstić information content (AvgIpc) is 2.55. The molecule has 0 aliphatic carbocycles. The highest BCUT2D eigenvalue weighted by Crippen LogP contribution is 2.35. The van der Waals surface area contributed by atoms with E-state index in [0.29, 0.717) is 0 Å². The molecule has 0 saturated carbocycles. The van der Waals surface area contributed by atoms with Crippen molar-refractivity contribution in [2.75, 3.05) is 0 Å². The van der Waals surface area contributed by atoms with Gasteiger partial charge in [0.05, 0.1) is 6.54 Å². The normalized spacial score (nSPS) is 16.5. The monoisotopic (exact) mass is 297 g/mol. The van der Waals surface area contributed by atoms with Gasteiger partial charge in [-0.3, -0.25) is 10.0 Å². The van der Waals surface area contributed by atoms with Crippen molar-refractivity contribution in [1.82, 2.24) is 5.06 Å². The lowest BCUT2D eigenvalue weighted by molar-refractivity contribution is -0.165. The molecule has 0 radical (unpaired) electrons. The number of aryl methyl sites for hydroxylation is 1. The van der Waals surface area contributed by atoms with E-state index in [2.05, 4.69) is 12.1 Å². The van der Waals surface area contributed by atoms with Crippen LogP contribution in [0.3, 0.4) is 0 Å². The summed E-state index contributed by atoms with van der Waals surface area (Å²) in [6.45, 7) is 1.54. The van der Waals surface area contributed by atoms with Crippen LogP contribution in [0.4, 0.5) is 0 Å². The molecular formula is C18H19NO3. The fourth-order valence-electron chi connectivity index (χ4n) is 2.73. The van der Waals surface area contributed by atoms with Crippen LogP contribution >= 0.6 is 0 Å². The first-order chi connectivity index (χ1) is 10.6. The van der Waals surface area contributed by atoms with E-state index in [1.165, 1.54) is 12.5 Å². The minimum atomic E-state index is -0.363. The Balaban J connectivity index is 1.75. The Morgan fingerprint density at radius 3 is 2.77 bits per heavy atom. The van der Waals surface area contributed by atoms with E-state index in [1.807, 2.05) is 36.4 Å². The predicted molar refractivity (Wildman–Crippen MR) is 82.6 cm³/mol. The molecule has 0 bridgehead atoms. The Morgan fingerprint density at radius 2 is 2.05 bits per heavy atom. The number of rotatable bonds is 3. The fraction of sp³-hybridized carbons (Fsp3) is 0.278. The summed E-state index contributed by atoms with van der Waals surface area (Å²) in [4.78, 5) is 11.1. The van der Waals surface area contributed by atoms with Crippen LogP contribution in [-0.4, -0.2) is 16.2 Å². The highest BCUT2D eigenvalue weighted by molar-refractivity contribution is 5.71. The number of amides is 1. The van der Waals surface area contributed by atoms with Crippen molar-refractivity contribution in [3.63, 3.8) is 0 Å². The molecule has 2 aromatic carbocycles. The minimum Gasteiger partial charge on any atom is -0.485 e.